The number of carbonyl (C=O) groups is 1. The minimum atomic E-state index is -0.162. The summed E-state index contributed by atoms with van der Waals surface area (Å²) < 4.78 is 10.2. The first-order valence-corrected chi connectivity index (χ1v) is 8.80. The van der Waals surface area contributed by atoms with E-state index in [4.69, 9.17) is 21.7 Å². The van der Waals surface area contributed by atoms with Crippen molar-refractivity contribution in [1.29, 1.82) is 0 Å². The first kappa shape index (κ1) is 16.8. The van der Waals surface area contributed by atoms with Gasteiger partial charge in [0.05, 0.1) is 33.4 Å². The monoisotopic (exact) mass is 334 g/mol. The van der Waals surface area contributed by atoms with Crippen LogP contribution in [0.15, 0.2) is 0 Å². The van der Waals surface area contributed by atoms with E-state index < -0.39 is 0 Å². The van der Waals surface area contributed by atoms with E-state index >= 15 is 0 Å². The lowest BCUT2D eigenvalue weighted by molar-refractivity contribution is -0.906. The third kappa shape index (κ3) is 5.28. The van der Waals surface area contributed by atoms with E-state index in [0.29, 0.717) is 6.54 Å². The molecule has 21 heavy (non-hydrogen) atoms. The fourth-order valence-corrected chi connectivity index (χ4v) is 3.87. The van der Waals surface area contributed by atoms with Gasteiger partial charge in [0, 0.05) is 18.8 Å². The highest BCUT2D eigenvalue weighted by Crippen LogP contribution is 2.19. The van der Waals surface area contributed by atoms with Crippen molar-refractivity contribution in [3.63, 3.8) is 0 Å². The van der Waals surface area contributed by atoms with Crippen molar-refractivity contribution in [2.45, 2.75) is 5.25 Å². The zero-order valence-electron chi connectivity index (χ0n) is 12.4. The number of esters is 1. The molecule has 2 rings (SSSR count). The van der Waals surface area contributed by atoms with E-state index in [0.717, 1.165) is 56.8 Å². The molecule has 2 fully saturated rings. The number of hydrogen-bond acceptors (Lipinski definition) is 5. The summed E-state index contributed by atoms with van der Waals surface area (Å²) in [6.07, 6.45) is 0. The van der Waals surface area contributed by atoms with Crippen molar-refractivity contribution in [2.75, 3.05) is 65.3 Å². The van der Waals surface area contributed by atoms with Crippen LogP contribution in [0.5, 0.6) is 0 Å². The van der Waals surface area contributed by atoms with Crippen LogP contribution in [-0.4, -0.2) is 86.6 Å². The van der Waals surface area contributed by atoms with Gasteiger partial charge in [-0.2, -0.15) is 0 Å². The molecule has 0 aromatic rings. The summed E-state index contributed by atoms with van der Waals surface area (Å²) in [5, 5.41) is 3.93. The number of rotatable bonds is 4. The molecule has 8 heteroatoms. The number of thioether (sulfide) groups is 1. The normalized spacial score (nSPS) is 23.7. The van der Waals surface area contributed by atoms with Gasteiger partial charge in [-0.25, -0.2) is 0 Å². The van der Waals surface area contributed by atoms with E-state index in [1.54, 1.807) is 16.7 Å². The molecule has 2 saturated heterocycles. The van der Waals surface area contributed by atoms with Crippen LogP contribution >= 0.6 is 24.0 Å². The average Bonchev–Trinajstić information content (AvgIpc) is 2.55. The maximum Gasteiger partial charge on any atom is 0.320 e. The van der Waals surface area contributed by atoms with Gasteiger partial charge in [-0.3, -0.25) is 4.79 Å². The molecule has 0 aromatic heterocycles. The second-order valence-corrected chi connectivity index (χ2v) is 6.87. The number of ether oxygens (including phenoxy) is 2. The Morgan fingerprint density at radius 1 is 1.52 bits per heavy atom. The molecule has 2 heterocycles. The zero-order valence-corrected chi connectivity index (χ0v) is 14.1. The van der Waals surface area contributed by atoms with Crippen LogP contribution in [0, 0.1) is 0 Å². The van der Waals surface area contributed by atoms with Gasteiger partial charge in [-0.15, -0.1) is 11.8 Å². The Morgan fingerprint density at radius 3 is 3.00 bits per heavy atom. The Bertz CT molecular complexity index is 365. The van der Waals surface area contributed by atoms with Gasteiger partial charge in [-0.05, 0) is 12.2 Å². The SMILES string of the molecule is COC(=O)[C@H]1CN(C(=S)NCC[NH+]2CCOCC2)CCS1. The summed E-state index contributed by atoms with van der Waals surface area (Å²) in [7, 11) is 1.43. The van der Waals surface area contributed by atoms with Crippen molar-refractivity contribution in [1.82, 2.24) is 10.2 Å². The van der Waals surface area contributed by atoms with Crippen molar-refractivity contribution in [3.8, 4) is 0 Å². The van der Waals surface area contributed by atoms with Crippen molar-refractivity contribution < 1.29 is 19.2 Å². The third-order valence-corrected chi connectivity index (χ3v) is 5.34. The number of thiocarbonyl (C=S) groups is 1. The van der Waals surface area contributed by atoms with Gasteiger partial charge in [0.1, 0.15) is 18.3 Å². The van der Waals surface area contributed by atoms with Gasteiger partial charge in [0.15, 0.2) is 5.11 Å². The van der Waals surface area contributed by atoms with E-state index in [1.807, 2.05) is 0 Å². The molecular formula is C13H24N3O3S2+. The molecule has 2 N–H and O–H groups in total. The fraction of sp³-hybridized carbons (Fsp3) is 0.846. The molecule has 120 valence electrons. The lowest BCUT2D eigenvalue weighted by Gasteiger charge is -2.33. The molecule has 0 bridgehead atoms. The highest BCUT2D eigenvalue weighted by molar-refractivity contribution is 8.00. The largest absolute Gasteiger partial charge is 0.468 e. The number of morpholine rings is 1. The van der Waals surface area contributed by atoms with Gasteiger partial charge in [0.25, 0.3) is 0 Å². The molecule has 0 radical (unpaired) electrons. The second kappa shape index (κ2) is 8.77. The molecular weight excluding hydrogens is 310 g/mol. The van der Waals surface area contributed by atoms with Crippen molar-refractivity contribution in [2.24, 2.45) is 0 Å². The van der Waals surface area contributed by atoms with E-state index in [9.17, 15) is 4.79 Å². The lowest BCUT2D eigenvalue weighted by Crippen LogP contribution is -3.14. The molecule has 0 aromatic carbocycles. The molecule has 0 spiro atoms. The van der Waals surface area contributed by atoms with Crippen molar-refractivity contribution >= 4 is 35.1 Å². The first-order chi connectivity index (χ1) is 10.2. The number of nitrogens with zero attached hydrogens (tertiary/aromatic N) is 1. The Labute approximate surface area is 135 Å². The van der Waals surface area contributed by atoms with Gasteiger partial charge >= 0.3 is 5.97 Å². The Kier molecular flexibility index (Phi) is 7.01. The van der Waals surface area contributed by atoms with Gasteiger partial charge in [0.2, 0.25) is 0 Å². The number of nitrogens with one attached hydrogen (secondary N) is 2. The van der Waals surface area contributed by atoms with Crippen LogP contribution < -0.4 is 10.2 Å². The predicted molar refractivity (Wildman–Crippen MR) is 86.8 cm³/mol. The number of quaternary nitrogens is 1. The second-order valence-electron chi connectivity index (χ2n) is 5.17. The Morgan fingerprint density at radius 2 is 2.29 bits per heavy atom. The highest BCUT2D eigenvalue weighted by Gasteiger charge is 2.28. The van der Waals surface area contributed by atoms with Crippen molar-refractivity contribution in [3.05, 3.63) is 0 Å². The number of methoxy groups -OCH3 is 1. The molecule has 1 atom stereocenters. The van der Waals surface area contributed by atoms with Crippen LogP contribution in [0.2, 0.25) is 0 Å². The molecule has 0 aliphatic carbocycles. The minimum absolute atomic E-state index is 0.131. The quantitative estimate of drug-likeness (QED) is 0.473. The maximum absolute atomic E-state index is 11.6. The summed E-state index contributed by atoms with van der Waals surface area (Å²) in [5.41, 5.74) is 0. The summed E-state index contributed by atoms with van der Waals surface area (Å²) in [5.74, 6) is 0.737. The van der Waals surface area contributed by atoms with Crippen LogP contribution in [0.4, 0.5) is 0 Å². The zero-order chi connectivity index (χ0) is 15.1. The molecule has 6 nitrogen and oxygen atoms in total. The van der Waals surface area contributed by atoms with Crippen LogP contribution in [0.3, 0.4) is 0 Å². The predicted octanol–water partition coefficient (Wildman–Crippen LogP) is -1.63. The van der Waals surface area contributed by atoms with Gasteiger partial charge < -0.3 is 24.6 Å². The number of hydrogen-bond donors (Lipinski definition) is 2. The summed E-state index contributed by atoms with van der Waals surface area (Å²) in [6, 6.07) is 0. The molecule has 2 aliphatic heterocycles. The molecule has 0 saturated carbocycles. The van der Waals surface area contributed by atoms with Crippen LogP contribution in [0.1, 0.15) is 0 Å². The van der Waals surface area contributed by atoms with E-state index in [-0.39, 0.29) is 11.2 Å². The third-order valence-electron chi connectivity index (χ3n) is 3.77. The summed E-state index contributed by atoms with van der Waals surface area (Å²) in [4.78, 5) is 15.2. The maximum atomic E-state index is 11.6. The molecule has 0 unspecified atom stereocenters. The topological polar surface area (TPSA) is 55.2 Å². The number of carbonyl (C=O) groups excluding carboxylic acids is 1. The summed E-state index contributed by atoms with van der Waals surface area (Å²) in [6.45, 7) is 7.27. The van der Waals surface area contributed by atoms with E-state index in [2.05, 4.69) is 10.2 Å². The summed E-state index contributed by atoms with van der Waals surface area (Å²) >= 11 is 7.08. The average molecular weight is 334 g/mol. The molecule has 0 amide bonds. The Balaban J connectivity index is 1.68. The fourth-order valence-electron chi connectivity index (χ4n) is 2.48. The first-order valence-electron chi connectivity index (χ1n) is 7.34. The van der Waals surface area contributed by atoms with Crippen LogP contribution in [0.25, 0.3) is 0 Å². The smallest absolute Gasteiger partial charge is 0.320 e. The lowest BCUT2D eigenvalue weighted by atomic mass is 10.3. The Hall–Kier alpha value is -0.570. The highest BCUT2D eigenvalue weighted by atomic mass is 32.2. The molecule has 2 aliphatic rings. The van der Waals surface area contributed by atoms with Crippen LogP contribution in [-0.2, 0) is 14.3 Å². The van der Waals surface area contributed by atoms with Gasteiger partial charge in [-0.1, -0.05) is 0 Å². The standard InChI is InChI=1S/C13H23N3O3S2/c1-18-12(17)11-10-16(6-9-21-11)13(20)14-2-3-15-4-7-19-8-5-15/h11H,2-10H2,1H3,(H,14,20)/p+1/t11-/m1/s1. The van der Waals surface area contributed by atoms with E-state index in [1.165, 1.54) is 7.11 Å². The minimum Gasteiger partial charge on any atom is -0.468 e.